The van der Waals surface area contributed by atoms with Crippen LogP contribution in [0.25, 0.3) is 22.0 Å². The van der Waals surface area contributed by atoms with Gasteiger partial charge in [-0.3, -0.25) is 4.90 Å². The van der Waals surface area contributed by atoms with Crippen molar-refractivity contribution in [3.05, 3.63) is 72.6 Å². The second-order valence-electron chi connectivity index (χ2n) is 10.7. The van der Waals surface area contributed by atoms with Crippen LogP contribution in [0.5, 0.6) is 11.6 Å². The third kappa shape index (κ3) is 6.20. The Bertz CT molecular complexity index is 1310. The third-order valence-electron chi connectivity index (χ3n) is 6.40. The Labute approximate surface area is 213 Å². The highest BCUT2D eigenvalue weighted by Gasteiger charge is 2.23. The molecule has 188 valence electrons. The van der Waals surface area contributed by atoms with Crippen LogP contribution in [-0.2, 0) is 18.0 Å². The molecule has 1 fully saturated rings. The molecule has 36 heavy (non-hydrogen) atoms. The molecule has 4 aromatic rings. The summed E-state index contributed by atoms with van der Waals surface area (Å²) in [5.74, 6) is 1.30. The molecule has 1 aliphatic heterocycles. The number of ether oxygens (including phenoxy) is 2. The van der Waals surface area contributed by atoms with E-state index in [4.69, 9.17) is 9.47 Å². The van der Waals surface area contributed by atoms with Crippen LogP contribution >= 0.6 is 0 Å². The number of β-amino-alcohol motifs (C(OH)–C–C–N with tert-alkyl or cyclic N) is 1. The van der Waals surface area contributed by atoms with Gasteiger partial charge in [0.25, 0.3) is 0 Å². The predicted molar refractivity (Wildman–Crippen MR) is 145 cm³/mol. The van der Waals surface area contributed by atoms with E-state index in [9.17, 15) is 5.11 Å². The Kier molecular flexibility index (Phi) is 7.20. The Morgan fingerprint density at radius 1 is 1.00 bits per heavy atom. The highest BCUT2D eigenvalue weighted by atomic mass is 28.3. The minimum atomic E-state index is -1.11. The van der Waals surface area contributed by atoms with E-state index in [2.05, 4.69) is 58.9 Å². The molecule has 0 spiro atoms. The van der Waals surface area contributed by atoms with Crippen molar-refractivity contribution >= 4 is 18.8 Å². The molecule has 0 unspecified atom stereocenters. The van der Waals surface area contributed by atoms with E-state index in [1.165, 1.54) is 10.9 Å². The smallest absolute Gasteiger partial charge is 0.219 e. The molecule has 1 aliphatic rings. The van der Waals surface area contributed by atoms with E-state index >= 15 is 0 Å². The summed E-state index contributed by atoms with van der Waals surface area (Å²) in [6.45, 7) is 10.6. The average molecular weight is 503 g/mol. The molecule has 0 amide bonds. The molecular formula is C28H34N4O3Si. The molecule has 2 aromatic heterocycles. The van der Waals surface area contributed by atoms with Gasteiger partial charge in [0.15, 0.2) is 0 Å². The van der Waals surface area contributed by atoms with Gasteiger partial charge in [0.05, 0.1) is 11.8 Å². The lowest BCUT2D eigenvalue weighted by Crippen LogP contribution is -2.49. The molecule has 0 bridgehead atoms. The average Bonchev–Trinajstić information content (AvgIpc) is 3.29. The van der Waals surface area contributed by atoms with Crippen LogP contribution in [0.2, 0.25) is 25.7 Å². The molecule has 5 rings (SSSR count). The number of benzene rings is 2. The number of likely N-dealkylation sites (tertiary alicyclic amines) is 1. The standard InChI is InChI=1S/C28H34N4O3Si/c1-36(2,3)13-12-34-20-32-27(10-11-30-32)24-7-9-28(29-16-24)35-26-8-6-22-14-21(4-5-23(22)15-26)17-31-18-25(33)19-31/h4-11,14-16,25,33H,12-13,17-20H2,1-3H3. The van der Waals surface area contributed by atoms with Crippen LogP contribution in [0.15, 0.2) is 67.0 Å². The van der Waals surface area contributed by atoms with E-state index in [1.54, 1.807) is 6.20 Å². The third-order valence-corrected chi connectivity index (χ3v) is 8.11. The second kappa shape index (κ2) is 10.5. The maximum absolute atomic E-state index is 9.49. The Morgan fingerprint density at radius 2 is 1.81 bits per heavy atom. The molecule has 0 atom stereocenters. The quantitative estimate of drug-likeness (QED) is 0.232. The number of aliphatic hydroxyl groups excluding tert-OH is 1. The van der Waals surface area contributed by atoms with Crippen molar-refractivity contribution < 1.29 is 14.6 Å². The minimum Gasteiger partial charge on any atom is -0.439 e. The summed E-state index contributed by atoms with van der Waals surface area (Å²) in [4.78, 5) is 6.77. The van der Waals surface area contributed by atoms with Gasteiger partial charge in [0, 0.05) is 58.3 Å². The molecule has 1 N–H and O–H groups in total. The number of nitrogens with zero attached hydrogens (tertiary/aromatic N) is 4. The lowest BCUT2D eigenvalue weighted by atomic mass is 10.0. The fourth-order valence-electron chi connectivity index (χ4n) is 4.29. The highest BCUT2D eigenvalue weighted by Crippen LogP contribution is 2.27. The van der Waals surface area contributed by atoms with Crippen molar-refractivity contribution in [2.45, 2.75) is 45.1 Å². The maximum atomic E-state index is 9.49. The molecule has 0 aliphatic carbocycles. The molecule has 0 saturated carbocycles. The van der Waals surface area contributed by atoms with E-state index < -0.39 is 8.07 Å². The van der Waals surface area contributed by atoms with Gasteiger partial charge in [-0.15, -0.1) is 0 Å². The maximum Gasteiger partial charge on any atom is 0.219 e. The lowest BCUT2D eigenvalue weighted by Gasteiger charge is -2.35. The van der Waals surface area contributed by atoms with E-state index in [-0.39, 0.29) is 6.10 Å². The molecular weight excluding hydrogens is 468 g/mol. The number of fused-ring (bicyclic) bond motifs is 1. The first-order chi connectivity index (χ1) is 17.3. The summed E-state index contributed by atoms with van der Waals surface area (Å²) in [6.07, 6.45) is 3.42. The summed E-state index contributed by atoms with van der Waals surface area (Å²) in [6, 6.07) is 19.5. The van der Waals surface area contributed by atoms with Gasteiger partial charge >= 0.3 is 0 Å². The number of aliphatic hydroxyl groups is 1. The molecule has 1 saturated heterocycles. The van der Waals surface area contributed by atoms with Crippen molar-refractivity contribution in [1.82, 2.24) is 19.7 Å². The molecule has 3 heterocycles. The van der Waals surface area contributed by atoms with Crippen molar-refractivity contribution in [3.8, 4) is 22.9 Å². The number of aromatic nitrogens is 3. The SMILES string of the molecule is C[Si](C)(C)CCOCn1nccc1-c1ccc(Oc2ccc3cc(CN4CC(O)C4)ccc3c2)nc1. The normalized spacial score (nSPS) is 14.8. The van der Waals surface area contributed by atoms with Gasteiger partial charge in [0.1, 0.15) is 12.5 Å². The summed E-state index contributed by atoms with van der Waals surface area (Å²) in [5, 5.41) is 16.2. The monoisotopic (exact) mass is 502 g/mol. The van der Waals surface area contributed by atoms with Crippen molar-refractivity contribution in [2.24, 2.45) is 0 Å². The van der Waals surface area contributed by atoms with Crippen LogP contribution in [0, 0.1) is 0 Å². The van der Waals surface area contributed by atoms with Crippen molar-refractivity contribution in [3.63, 3.8) is 0 Å². The van der Waals surface area contributed by atoms with Crippen LogP contribution < -0.4 is 4.74 Å². The zero-order chi connectivity index (χ0) is 25.1. The zero-order valence-electron chi connectivity index (χ0n) is 21.2. The Hall–Kier alpha value is -3.04. The van der Waals surface area contributed by atoms with E-state index in [0.29, 0.717) is 12.6 Å². The van der Waals surface area contributed by atoms with Gasteiger partial charge in [-0.05, 0) is 52.7 Å². The summed E-state index contributed by atoms with van der Waals surface area (Å²) < 4.78 is 13.8. The zero-order valence-corrected chi connectivity index (χ0v) is 22.2. The summed E-state index contributed by atoms with van der Waals surface area (Å²) in [5.41, 5.74) is 3.19. The topological polar surface area (TPSA) is 72.6 Å². The largest absolute Gasteiger partial charge is 0.439 e. The predicted octanol–water partition coefficient (Wildman–Crippen LogP) is 5.38. The van der Waals surface area contributed by atoms with Crippen molar-refractivity contribution in [1.29, 1.82) is 0 Å². The van der Waals surface area contributed by atoms with Gasteiger partial charge in [-0.25, -0.2) is 9.67 Å². The van der Waals surface area contributed by atoms with Gasteiger partial charge in [-0.1, -0.05) is 37.8 Å². The number of rotatable bonds is 10. The molecule has 2 aromatic carbocycles. The number of hydrogen-bond acceptors (Lipinski definition) is 6. The van der Waals surface area contributed by atoms with Crippen molar-refractivity contribution in [2.75, 3.05) is 19.7 Å². The van der Waals surface area contributed by atoms with Crippen LogP contribution in [0.3, 0.4) is 0 Å². The summed E-state index contributed by atoms with van der Waals surface area (Å²) in [7, 11) is -1.11. The Morgan fingerprint density at radius 3 is 2.56 bits per heavy atom. The van der Waals surface area contributed by atoms with Gasteiger partial charge < -0.3 is 14.6 Å². The molecule has 8 heteroatoms. The first-order valence-electron chi connectivity index (χ1n) is 12.5. The fourth-order valence-corrected chi connectivity index (χ4v) is 5.04. The number of hydrogen-bond donors (Lipinski definition) is 1. The van der Waals surface area contributed by atoms with Crippen LogP contribution in [-0.4, -0.2) is 58.6 Å². The molecule has 0 radical (unpaired) electrons. The first-order valence-corrected chi connectivity index (χ1v) is 16.2. The highest BCUT2D eigenvalue weighted by molar-refractivity contribution is 6.76. The van der Waals surface area contributed by atoms with Crippen LogP contribution in [0.4, 0.5) is 0 Å². The fraction of sp³-hybridized carbons (Fsp3) is 0.357. The number of pyridine rings is 1. The first kappa shape index (κ1) is 24.6. The van der Waals surface area contributed by atoms with Gasteiger partial charge in [-0.2, -0.15) is 5.10 Å². The second-order valence-corrected chi connectivity index (χ2v) is 16.4. The minimum absolute atomic E-state index is 0.173. The molecule has 7 nitrogen and oxygen atoms in total. The van der Waals surface area contributed by atoms with E-state index in [0.717, 1.165) is 54.7 Å². The lowest BCUT2D eigenvalue weighted by molar-refractivity contribution is -0.00284. The van der Waals surface area contributed by atoms with Crippen LogP contribution in [0.1, 0.15) is 5.56 Å². The van der Waals surface area contributed by atoms with Gasteiger partial charge in [0.2, 0.25) is 5.88 Å². The summed E-state index contributed by atoms with van der Waals surface area (Å²) >= 11 is 0. The Balaban J connectivity index is 1.21. The van der Waals surface area contributed by atoms with E-state index in [1.807, 2.05) is 41.2 Å².